The van der Waals surface area contributed by atoms with Crippen molar-refractivity contribution in [1.29, 1.82) is 0 Å². The van der Waals surface area contributed by atoms with Crippen LogP contribution < -0.4 is 0 Å². The Bertz CT molecular complexity index is 658. The van der Waals surface area contributed by atoms with E-state index in [1.807, 2.05) is 0 Å². The summed E-state index contributed by atoms with van der Waals surface area (Å²) in [5.41, 5.74) is 0.304. The van der Waals surface area contributed by atoms with Gasteiger partial charge in [-0.25, -0.2) is 8.42 Å². The van der Waals surface area contributed by atoms with Crippen molar-refractivity contribution < 1.29 is 22.0 Å². The molecule has 1 aliphatic carbocycles. The lowest BCUT2D eigenvalue weighted by Gasteiger charge is -2.36. The SMILES string of the molecule is CC1CCCCC1N(C)C(=O)c1ccc(S(=O)(=O)C(F)F)cc1. The first-order valence-corrected chi connectivity index (χ1v) is 9.19. The summed E-state index contributed by atoms with van der Waals surface area (Å²) < 4.78 is 47.8. The predicted octanol–water partition coefficient (Wildman–Crippen LogP) is 3.33. The van der Waals surface area contributed by atoms with Crippen LogP contribution in [0.15, 0.2) is 29.2 Å². The molecule has 23 heavy (non-hydrogen) atoms. The van der Waals surface area contributed by atoms with Gasteiger partial charge in [-0.3, -0.25) is 4.79 Å². The van der Waals surface area contributed by atoms with Gasteiger partial charge in [-0.05, 0) is 43.0 Å². The Morgan fingerprint density at radius 2 is 1.74 bits per heavy atom. The molecule has 1 aromatic carbocycles. The first kappa shape index (κ1) is 17.8. The average Bonchev–Trinajstić information content (AvgIpc) is 2.54. The number of hydrogen-bond donors (Lipinski definition) is 0. The van der Waals surface area contributed by atoms with E-state index < -0.39 is 20.5 Å². The van der Waals surface area contributed by atoms with Crippen LogP contribution >= 0.6 is 0 Å². The zero-order valence-electron chi connectivity index (χ0n) is 13.2. The van der Waals surface area contributed by atoms with E-state index in [1.165, 1.54) is 18.6 Å². The summed E-state index contributed by atoms with van der Waals surface area (Å²) in [6.45, 7) is 2.12. The van der Waals surface area contributed by atoms with Gasteiger partial charge in [0.2, 0.25) is 9.84 Å². The summed E-state index contributed by atoms with van der Waals surface area (Å²) in [5.74, 6) is -3.27. The quantitative estimate of drug-likeness (QED) is 0.841. The fourth-order valence-electron chi connectivity index (χ4n) is 3.12. The van der Waals surface area contributed by atoms with E-state index in [9.17, 15) is 22.0 Å². The highest BCUT2D eigenvalue weighted by molar-refractivity contribution is 7.91. The fraction of sp³-hybridized carbons (Fsp3) is 0.562. The lowest BCUT2D eigenvalue weighted by molar-refractivity contribution is 0.0629. The van der Waals surface area contributed by atoms with Crippen LogP contribution in [-0.2, 0) is 9.84 Å². The van der Waals surface area contributed by atoms with E-state index in [2.05, 4.69) is 6.92 Å². The third-order valence-corrected chi connectivity index (χ3v) is 5.95. The molecule has 7 heteroatoms. The highest BCUT2D eigenvalue weighted by Crippen LogP contribution is 2.28. The number of carbonyl (C=O) groups excluding carboxylic acids is 1. The number of sulfone groups is 1. The fourth-order valence-corrected chi connectivity index (χ4v) is 3.84. The third kappa shape index (κ3) is 3.71. The predicted molar refractivity (Wildman–Crippen MR) is 83.1 cm³/mol. The molecule has 2 atom stereocenters. The van der Waals surface area contributed by atoms with Gasteiger partial charge in [-0.1, -0.05) is 19.8 Å². The molecule has 0 bridgehead atoms. The maximum Gasteiger partial charge on any atom is 0.341 e. The van der Waals surface area contributed by atoms with Gasteiger partial charge in [-0.15, -0.1) is 0 Å². The van der Waals surface area contributed by atoms with Crippen LogP contribution in [0.1, 0.15) is 43.0 Å². The molecule has 0 aliphatic heterocycles. The Balaban J connectivity index is 2.17. The van der Waals surface area contributed by atoms with Crippen molar-refractivity contribution in [3.8, 4) is 0 Å². The number of benzene rings is 1. The Labute approximate surface area is 135 Å². The number of nitrogens with zero attached hydrogens (tertiary/aromatic N) is 1. The van der Waals surface area contributed by atoms with E-state index in [1.54, 1.807) is 11.9 Å². The van der Waals surface area contributed by atoms with Crippen molar-refractivity contribution in [3.05, 3.63) is 29.8 Å². The second kappa shape index (κ2) is 6.95. The summed E-state index contributed by atoms with van der Waals surface area (Å²) in [6.07, 6.45) is 4.27. The van der Waals surface area contributed by atoms with Gasteiger partial charge >= 0.3 is 5.76 Å². The highest BCUT2D eigenvalue weighted by Gasteiger charge is 2.29. The molecule has 1 fully saturated rings. The summed E-state index contributed by atoms with van der Waals surface area (Å²) in [7, 11) is -2.89. The molecule has 2 unspecified atom stereocenters. The van der Waals surface area contributed by atoms with E-state index in [0.29, 0.717) is 11.5 Å². The second-order valence-electron chi connectivity index (χ2n) is 6.08. The molecular formula is C16H21F2NO3S. The van der Waals surface area contributed by atoms with Crippen LogP contribution in [0.4, 0.5) is 8.78 Å². The van der Waals surface area contributed by atoms with Crippen molar-refractivity contribution in [2.75, 3.05) is 7.05 Å². The van der Waals surface area contributed by atoms with Gasteiger partial charge in [0.15, 0.2) is 0 Å². The average molecular weight is 345 g/mol. The monoisotopic (exact) mass is 345 g/mol. The molecular weight excluding hydrogens is 324 g/mol. The summed E-state index contributed by atoms with van der Waals surface area (Å²) in [4.78, 5) is 13.7. The maximum absolute atomic E-state index is 12.5. The molecule has 1 aromatic rings. The molecule has 0 spiro atoms. The third-order valence-electron chi connectivity index (χ3n) is 4.55. The molecule has 0 radical (unpaired) electrons. The van der Waals surface area contributed by atoms with Gasteiger partial charge in [0.05, 0.1) is 4.90 Å². The van der Waals surface area contributed by atoms with Gasteiger partial charge in [-0.2, -0.15) is 8.78 Å². The van der Waals surface area contributed by atoms with Crippen LogP contribution in [0.3, 0.4) is 0 Å². The van der Waals surface area contributed by atoms with E-state index in [-0.39, 0.29) is 11.9 Å². The minimum atomic E-state index is -4.63. The van der Waals surface area contributed by atoms with Crippen LogP contribution in [0, 0.1) is 5.92 Å². The van der Waals surface area contributed by atoms with Crippen LogP contribution in [0.2, 0.25) is 0 Å². The van der Waals surface area contributed by atoms with Crippen molar-refractivity contribution in [2.24, 2.45) is 5.92 Å². The molecule has 0 heterocycles. The van der Waals surface area contributed by atoms with Crippen LogP contribution in [0.5, 0.6) is 0 Å². The smallest absolute Gasteiger partial charge is 0.338 e. The van der Waals surface area contributed by atoms with Gasteiger partial charge in [0, 0.05) is 18.7 Å². The Morgan fingerprint density at radius 1 is 1.17 bits per heavy atom. The van der Waals surface area contributed by atoms with Crippen LogP contribution in [-0.4, -0.2) is 38.1 Å². The zero-order valence-corrected chi connectivity index (χ0v) is 14.0. The topological polar surface area (TPSA) is 54.5 Å². The Hall–Kier alpha value is -1.50. The van der Waals surface area contributed by atoms with Crippen LogP contribution in [0.25, 0.3) is 0 Å². The summed E-state index contributed by atoms with van der Waals surface area (Å²) in [5, 5.41) is 0. The first-order valence-electron chi connectivity index (χ1n) is 7.64. The standard InChI is InChI=1S/C16H21F2NO3S/c1-11-5-3-4-6-14(11)19(2)15(20)12-7-9-13(10-8-12)23(21,22)16(17)18/h7-11,14,16H,3-6H2,1-2H3. The van der Waals surface area contributed by atoms with Crippen molar-refractivity contribution >= 4 is 15.7 Å². The van der Waals surface area contributed by atoms with E-state index in [0.717, 1.165) is 31.4 Å². The molecule has 4 nitrogen and oxygen atoms in total. The lowest BCUT2D eigenvalue weighted by atomic mass is 9.85. The molecule has 1 aliphatic rings. The number of alkyl halides is 2. The van der Waals surface area contributed by atoms with Crippen molar-refractivity contribution in [3.63, 3.8) is 0 Å². The molecule has 1 amide bonds. The normalized spacial score (nSPS) is 22.1. The lowest BCUT2D eigenvalue weighted by Crippen LogP contribution is -2.42. The first-order chi connectivity index (χ1) is 10.7. The zero-order chi connectivity index (χ0) is 17.2. The minimum Gasteiger partial charge on any atom is -0.338 e. The number of rotatable bonds is 4. The van der Waals surface area contributed by atoms with E-state index in [4.69, 9.17) is 0 Å². The molecule has 1 saturated carbocycles. The van der Waals surface area contributed by atoms with Gasteiger partial charge in [0.1, 0.15) is 0 Å². The Morgan fingerprint density at radius 3 is 2.26 bits per heavy atom. The number of amides is 1. The molecule has 128 valence electrons. The molecule has 0 aromatic heterocycles. The number of hydrogen-bond acceptors (Lipinski definition) is 3. The maximum atomic E-state index is 12.5. The summed E-state index contributed by atoms with van der Waals surface area (Å²) >= 11 is 0. The highest BCUT2D eigenvalue weighted by atomic mass is 32.2. The van der Waals surface area contributed by atoms with Gasteiger partial charge < -0.3 is 4.90 Å². The van der Waals surface area contributed by atoms with E-state index >= 15 is 0 Å². The van der Waals surface area contributed by atoms with Crippen molar-refractivity contribution in [1.82, 2.24) is 4.90 Å². The summed E-state index contributed by atoms with van der Waals surface area (Å²) in [6, 6.07) is 4.86. The molecule has 2 rings (SSSR count). The van der Waals surface area contributed by atoms with Gasteiger partial charge in [0.25, 0.3) is 5.91 Å². The number of halogens is 2. The largest absolute Gasteiger partial charge is 0.341 e. The molecule has 0 N–H and O–H groups in total. The molecule has 0 saturated heterocycles. The number of carbonyl (C=O) groups is 1. The van der Waals surface area contributed by atoms with Crippen molar-refractivity contribution in [2.45, 2.75) is 49.3 Å². The second-order valence-corrected chi connectivity index (χ2v) is 7.99. The minimum absolute atomic E-state index is 0.153. The Kier molecular flexibility index (Phi) is 5.39.